The van der Waals surface area contributed by atoms with Crippen molar-refractivity contribution < 1.29 is 47.7 Å². The van der Waals surface area contributed by atoms with Crippen LogP contribution in [0.25, 0.3) is 0 Å². The molecule has 1 fully saturated rings. The van der Waals surface area contributed by atoms with E-state index in [9.17, 15) is 24.0 Å². The molecule has 0 spiro atoms. The number of esters is 5. The normalized spacial score (nSPS) is 23.3. The molecular formula is C28H46O10. The van der Waals surface area contributed by atoms with E-state index in [0.717, 1.165) is 0 Å². The molecule has 0 heterocycles. The van der Waals surface area contributed by atoms with Crippen LogP contribution in [-0.4, -0.2) is 60.4 Å². The molecule has 218 valence electrons. The van der Waals surface area contributed by atoms with Gasteiger partial charge < -0.3 is 23.7 Å². The molecule has 0 saturated heterocycles. The molecule has 1 aliphatic rings. The van der Waals surface area contributed by atoms with E-state index in [4.69, 9.17) is 23.7 Å². The van der Waals surface area contributed by atoms with Crippen molar-refractivity contribution in [1.82, 2.24) is 0 Å². The highest BCUT2D eigenvalue weighted by Crippen LogP contribution is 2.33. The lowest BCUT2D eigenvalue weighted by molar-refractivity contribution is -0.233. The van der Waals surface area contributed by atoms with E-state index in [1.807, 2.05) is 55.4 Å². The zero-order chi connectivity index (χ0) is 29.2. The SMILES string of the molecule is CC(=O)OC1CC(OC(=O)CC(C)C)C(OC(=O)CC(C)C)C(OC(=O)CC(C)C)C1OC(=O)CC(C)C. The molecule has 1 aliphatic carbocycles. The van der Waals surface area contributed by atoms with Gasteiger partial charge in [0.2, 0.25) is 0 Å². The third kappa shape index (κ3) is 12.3. The van der Waals surface area contributed by atoms with Crippen LogP contribution in [0.5, 0.6) is 0 Å². The quantitative estimate of drug-likeness (QED) is 0.247. The van der Waals surface area contributed by atoms with Gasteiger partial charge in [-0.15, -0.1) is 0 Å². The monoisotopic (exact) mass is 542 g/mol. The third-order valence-electron chi connectivity index (χ3n) is 5.55. The summed E-state index contributed by atoms with van der Waals surface area (Å²) in [6.07, 6.45) is -5.91. The summed E-state index contributed by atoms with van der Waals surface area (Å²) >= 11 is 0. The van der Waals surface area contributed by atoms with Gasteiger partial charge in [0.1, 0.15) is 12.2 Å². The molecule has 5 atom stereocenters. The lowest BCUT2D eigenvalue weighted by atomic mass is 9.86. The molecule has 1 rings (SSSR count). The topological polar surface area (TPSA) is 132 Å². The summed E-state index contributed by atoms with van der Waals surface area (Å²) in [5.41, 5.74) is 0. The summed E-state index contributed by atoms with van der Waals surface area (Å²) in [5.74, 6) is -3.08. The van der Waals surface area contributed by atoms with E-state index >= 15 is 0 Å². The Hall–Kier alpha value is -2.65. The smallest absolute Gasteiger partial charge is 0.306 e. The van der Waals surface area contributed by atoms with Crippen LogP contribution < -0.4 is 0 Å². The Bertz CT molecular complexity index is 816. The Balaban J connectivity index is 3.54. The molecule has 0 radical (unpaired) electrons. The fourth-order valence-corrected chi connectivity index (χ4v) is 4.12. The number of rotatable bonds is 13. The molecule has 5 unspecified atom stereocenters. The molecule has 0 aromatic heterocycles. The summed E-state index contributed by atoms with van der Waals surface area (Å²) in [7, 11) is 0. The van der Waals surface area contributed by atoms with Crippen LogP contribution in [0.2, 0.25) is 0 Å². The summed E-state index contributed by atoms with van der Waals surface area (Å²) < 4.78 is 28.4. The minimum Gasteiger partial charge on any atom is -0.458 e. The molecule has 0 bridgehead atoms. The van der Waals surface area contributed by atoms with Crippen molar-refractivity contribution >= 4 is 29.8 Å². The molecule has 10 nitrogen and oxygen atoms in total. The van der Waals surface area contributed by atoms with Gasteiger partial charge in [-0.1, -0.05) is 55.4 Å². The maximum atomic E-state index is 12.8. The minimum atomic E-state index is -1.36. The highest BCUT2D eigenvalue weighted by Gasteiger charge is 2.54. The molecule has 0 amide bonds. The number of carbonyl (C=O) groups excluding carboxylic acids is 5. The minimum absolute atomic E-state index is 0.00158. The first-order valence-corrected chi connectivity index (χ1v) is 13.5. The van der Waals surface area contributed by atoms with Crippen LogP contribution in [0, 0.1) is 23.7 Å². The summed E-state index contributed by atoms with van der Waals surface area (Å²) in [6, 6.07) is 0. The first kappa shape index (κ1) is 33.4. The van der Waals surface area contributed by atoms with Gasteiger partial charge in [0.05, 0.1) is 0 Å². The van der Waals surface area contributed by atoms with Gasteiger partial charge >= 0.3 is 29.8 Å². The lowest BCUT2D eigenvalue weighted by Gasteiger charge is -2.44. The van der Waals surface area contributed by atoms with Crippen molar-refractivity contribution in [2.75, 3.05) is 0 Å². The maximum absolute atomic E-state index is 12.8. The van der Waals surface area contributed by atoms with Gasteiger partial charge in [0, 0.05) is 39.0 Å². The zero-order valence-electron chi connectivity index (χ0n) is 24.3. The maximum Gasteiger partial charge on any atom is 0.306 e. The Kier molecular flexibility index (Phi) is 13.8. The van der Waals surface area contributed by atoms with Gasteiger partial charge in [-0.2, -0.15) is 0 Å². The standard InChI is InChI=1S/C28H46O10/c1-15(2)10-22(30)35-21-14-20(34-19(9)29)26(36-23(31)11-16(3)4)28(38-25(33)13-18(7)8)27(21)37-24(32)12-17(5)6/h15-18,20-21,26-28H,10-14H2,1-9H3. The Morgan fingerprint density at radius 1 is 0.500 bits per heavy atom. The van der Waals surface area contributed by atoms with Gasteiger partial charge in [0.25, 0.3) is 0 Å². The van der Waals surface area contributed by atoms with Crippen molar-refractivity contribution in [3.63, 3.8) is 0 Å². The van der Waals surface area contributed by atoms with Gasteiger partial charge in [-0.05, 0) is 23.7 Å². The van der Waals surface area contributed by atoms with Crippen molar-refractivity contribution in [3.8, 4) is 0 Å². The van der Waals surface area contributed by atoms with E-state index in [1.165, 1.54) is 6.92 Å². The first-order valence-electron chi connectivity index (χ1n) is 13.5. The van der Waals surface area contributed by atoms with Crippen LogP contribution in [0.3, 0.4) is 0 Å². The summed E-state index contributed by atoms with van der Waals surface area (Å²) in [5, 5.41) is 0. The lowest BCUT2D eigenvalue weighted by Crippen LogP contribution is -2.62. The van der Waals surface area contributed by atoms with Crippen LogP contribution in [0.4, 0.5) is 0 Å². The average Bonchev–Trinajstić information content (AvgIpc) is 2.70. The highest BCUT2D eigenvalue weighted by molar-refractivity contribution is 5.73. The van der Waals surface area contributed by atoms with E-state index < -0.39 is 60.4 Å². The number of carbonyl (C=O) groups is 5. The molecular weight excluding hydrogens is 496 g/mol. The molecule has 1 saturated carbocycles. The van der Waals surface area contributed by atoms with Crippen molar-refractivity contribution in [1.29, 1.82) is 0 Å². The Labute approximate surface area is 226 Å². The van der Waals surface area contributed by atoms with Crippen LogP contribution in [0.15, 0.2) is 0 Å². The van der Waals surface area contributed by atoms with Crippen molar-refractivity contribution in [3.05, 3.63) is 0 Å². The second-order valence-electron chi connectivity index (χ2n) is 11.7. The second-order valence-corrected chi connectivity index (χ2v) is 11.7. The van der Waals surface area contributed by atoms with Crippen LogP contribution >= 0.6 is 0 Å². The van der Waals surface area contributed by atoms with E-state index in [-0.39, 0.29) is 55.8 Å². The largest absolute Gasteiger partial charge is 0.458 e. The zero-order valence-corrected chi connectivity index (χ0v) is 24.3. The van der Waals surface area contributed by atoms with Gasteiger partial charge in [-0.25, -0.2) is 0 Å². The van der Waals surface area contributed by atoms with Gasteiger partial charge in [0.15, 0.2) is 18.3 Å². The molecule has 0 aliphatic heterocycles. The van der Waals surface area contributed by atoms with Crippen molar-refractivity contribution in [2.45, 2.75) is 125 Å². The van der Waals surface area contributed by atoms with E-state index in [2.05, 4.69) is 0 Å². The van der Waals surface area contributed by atoms with E-state index in [1.54, 1.807) is 0 Å². The Morgan fingerprint density at radius 2 is 0.789 bits per heavy atom. The second kappa shape index (κ2) is 15.7. The first-order chi connectivity index (χ1) is 17.6. The summed E-state index contributed by atoms with van der Waals surface area (Å²) in [4.78, 5) is 63.0. The predicted molar refractivity (Wildman–Crippen MR) is 138 cm³/mol. The predicted octanol–water partition coefficient (Wildman–Crippen LogP) is 4.15. The van der Waals surface area contributed by atoms with Crippen LogP contribution in [-0.2, 0) is 47.7 Å². The van der Waals surface area contributed by atoms with Crippen LogP contribution in [0.1, 0.15) is 94.4 Å². The fourth-order valence-electron chi connectivity index (χ4n) is 4.12. The molecule has 38 heavy (non-hydrogen) atoms. The fraction of sp³-hybridized carbons (Fsp3) is 0.821. The average molecular weight is 543 g/mol. The highest BCUT2D eigenvalue weighted by atomic mass is 16.6. The third-order valence-corrected chi connectivity index (χ3v) is 5.55. The Morgan fingerprint density at radius 3 is 1.11 bits per heavy atom. The van der Waals surface area contributed by atoms with Crippen molar-refractivity contribution in [2.24, 2.45) is 23.7 Å². The molecule has 0 N–H and O–H groups in total. The number of hydrogen-bond acceptors (Lipinski definition) is 10. The number of hydrogen-bond donors (Lipinski definition) is 0. The van der Waals surface area contributed by atoms with Gasteiger partial charge in [-0.3, -0.25) is 24.0 Å². The summed E-state index contributed by atoms with van der Waals surface area (Å²) in [6.45, 7) is 15.9. The number of ether oxygens (including phenoxy) is 5. The molecule has 10 heteroatoms. The van der Waals surface area contributed by atoms with E-state index in [0.29, 0.717) is 0 Å². The molecule has 0 aromatic rings. The molecule has 0 aromatic carbocycles.